The maximum absolute atomic E-state index is 13.4. The number of aryl methyl sites for hydroxylation is 2. The second-order valence-electron chi connectivity index (χ2n) is 7.92. The topological polar surface area (TPSA) is 64.3 Å². The Kier molecular flexibility index (Phi) is 5.17. The second kappa shape index (κ2) is 7.63. The summed E-state index contributed by atoms with van der Waals surface area (Å²) in [7, 11) is 0. The molecule has 1 saturated heterocycles. The number of rotatable bonds is 3. The number of hydrogen-bond donors (Lipinski definition) is 0. The lowest BCUT2D eigenvalue weighted by atomic mass is 10.0. The van der Waals surface area contributed by atoms with Crippen LogP contribution in [-0.4, -0.2) is 32.5 Å². The first-order chi connectivity index (χ1) is 13.9. The summed E-state index contributed by atoms with van der Waals surface area (Å²) in [4.78, 5) is 41.4. The molecule has 1 aliphatic heterocycles. The Labute approximate surface area is 173 Å². The van der Waals surface area contributed by atoms with Gasteiger partial charge in [0, 0.05) is 12.6 Å². The van der Waals surface area contributed by atoms with E-state index in [0.29, 0.717) is 15.9 Å². The van der Waals surface area contributed by atoms with E-state index >= 15 is 0 Å². The van der Waals surface area contributed by atoms with Gasteiger partial charge in [-0.25, -0.2) is 9.36 Å². The van der Waals surface area contributed by atoms with Gasteiger partial charge in [-0.15, -0.1) is 11.3 Å². The summed E-state index contributed by atoms with van der Waals surface area (Å²) in [6.07, 6.45) is 3.09. The molecular formula is C22H25N3O3S. The molecule has 1 atom stereocenters. The van der Waals surface area contributed by atoms with Gasteiger partial charge in [0.15, 0.2) is 0 Å². The third-order valence-electron chi connectivity index (χ3n) is 5.64. The standard InChI is InChI=1S/C22H25N3O3S/c1-14-10-15(2)12-17(11-14)25-21(27)20-18(7-9-29-20)24(22(25)28)13-19(26)23-8-5-4-6-16(23)3/h7,9-12,16H,4-6,8,13H2,1-3H3/t16-/m1/s1. The molecule has 3 heterocycles. The van der Waals surface area contributed by atoms with Crippen molar-refractivity contribution in [2.75, 3.05) is 6.54 Å². The van der Waals surface area contributed by atoms with E-state index in [1.165, 1.54) is 20.5 Å². The van der Waals surface area contributed by atoms with Crippen LogP contribution in [0, 0.1) is 13.8 Å². The number of hydrogen-bond acceptors (Lipinski definition) is 4. The zero-order chi connectivity index (χ0) is 20.7. The van der Waals surface area contributed by atoms with E-state index in [1.807, 2.05) is 36.9 Å². The van der Waals surface area contributed by atoms with Gasteiger partial charge in [-0.05, 0) is 74.7 Å². The van der Waals surface area contributed by atoms with Gasteiger partial charge < -0.3 is 4.90 Å². The van der Waals surface area contributed by atoms with Gasteiger partial charge in [0.1, 0.15) is 11.2 Å². The molecule has 1 aromatic carbocycles. The molecule has 0 radical (unpaired) electrons. The summed E-state index contributed by atoms with van der Waals surface area (Å²) < 4.78 is 3.14. The van der Waals surface area contributed by atoms with E-state index in [-0.39, 0.29) is 24.1 Å². The van der Waals surface area contributed by atoms with Gasteiger partial charge in [-0.2, -0.15) is 0 Å². The first kappa shape index (κ1) is 19.6. The summed E-state index contributed by atoms with van der Waals surface area (Å²) in [5.41, 5.74) is 2.22. The van der Waals surface area contributed by atoms with Gasteiger partial charge >= 0.3 is 5.69 Å². The van der Waals surface area contributed by atoms with Crippen LogP contribution in [0.1, 0.15) is 37.3 Å². The minimum atomic E-state index is -0.469. The number of aromatic nitrogens is 2. The highest BCUT2D eigenvalue weighted by Crippen LogP contribution is 2.20. The largest absolute Gasteiger partial charge is 0.338 e. The number of fused-ring (bicyclic) bond motifs is 1. The molecule has 2 aromatic heterocycles. The van der Waals surface area contributed by atoms with Crippen LogP contribution in [-0.2, 0) is 11.3 Å². The molecule has 1 aliphatic rings. The summed E-state index contributed by atoms with van der Waals surface area (Å²) in [5, 5.41) is 1.79. The average molecular weight is 412 g/mol. The van der Waals surface area contributed by atoms with E-state index in [9.17, 15) is 14.4 Å². The molecule has 0 aliphatic carbocycles. The molecule has 7 heteroatoms. The van der Waals surface area contributed by atoms with Crippen LogP contribution in [0.5, 0.6) is 0 Å². The van der Waals surface area contributed by atoms with Crippen molar-refractivity contribution in [2.45, 2.75) is 52.6 Å². The molecule has 152 valence electrons. The molecule has 29 heavy (non-hydrogen) atoms. The molecular weight excluding hydrogens is 386 g/mol. The minimum absolute atomic E-state index is 0.0541. The Bertz CT molecular complexity index is 1180. The highest BCUT2D eigenvalue weighted by Gasteiger charge is 2.25. The number of nitrogens with zero attached hydrogens (tertiary/aromatic N) is 3. The quantitative estimate of drug-likeness (QED) is 0.665. The number of piperidine rings is 1. The number of carbonyl (C=O) groups is 1. The SMILES string of the molecule is Cc1cc(C)cc(-n2c(=O)c3sccc3n(CC(=O)N3CCCC[C@H]3C)c2=O)c1. The van der Waals surface area contributed by atoms with Crippen LogP contribution in [0.15, 0.2) is 39.2 Å². The summed E-state index contributed by atoms with van der Waals surface area (Å²) >= 11 is 1.30. The van der Waals surface area contributed by atoms with Gasteiger partial charge in [0.25, 0.3) is 5.56 Å². The highest BCUT2D eigenvalue weighted by molar-refractivity contribution is 7.17. The van der Waals surface area contributed by atoms with Gasteiger partial charge in [-0.1, -0.05) is 6.07 Å². The van der Waals surface area contributed by atoms with Crippen molar-refractivity contribution in [1.82, 2.24) is 14.0 Å². The van der Waals surface area contributed by atoms with Crippen LogP contribution in [0.2, 0.25) is 0 Å². The first-order valence-corrected chi connectivity index (χ1v) is 10.9. The van der Waals surface area contributed by atoms with Crippen LogP contribution in [0.3, 0.4) is 0 Å². The fourth-order valence-electron chi connectivity index (χ4n) is 4.24. The second-order valence-corrected chi connectivity index (χ2v) is 8.84. The lowest BCUT2D eigenvalue weighted by Crippen LogP contribution is -2.46. The van der Waals surface area contributed by atoms with E-state index < -0.39 is 5.69 Å². The third-order valence-corrected chi connectivity index (χ3v) is 6.53. The van der Waals surface area contributed by atoms with E-state index in [1.54, 1.807) is 11.4 Å². The first-order valence-electron chi connectivity index (χ1n) is 9.98. The summed E-state index contributed by atoms with van der Waals surface area (Å²) in [5.74, 6) is -0.0718. The average Bonchev–Trinajstić information content (AvgIpc) is 3.15. The summed E-state index contributed by atoms with van der Waals surface area (Å²) in [6, 6.07) is 7.58. The number of thiophene rings is 1. The fourth-order valence-corrected chi connectivity index (χ4v) is 5.07. The van der Waals surface area contributed by atoms with E-state index in [4.69, 9.17) is 0 Å². The van der Waals surface area contributed by atoms with Crippen molar-refractivity contribution in [3.8, 4) is 5.69 Å². The molecule has 0 N–H and O–H groups in total. The molecule has 0 bridgehead atoms. The van der Waals surface area contributed by atoms with Crippen molar-refractivity contribution in [3.05, 3.63) is 61.6 Å². The minimum Gasteiger partial charge on any atom is -0.338 e. The smallest absolute Gasteiger partial charge is 0.336 e. The van der Waals surface area contributed by atoms with Gasteiger partial charge in [0.2, 0.25) is 5.91 Å². The predicted molar refractivity (Wildman–Crippen MR) is 116 cm³/mol. The number of likely N-dealkylation sites (tertiary alicyclic amines) is 1. The van der Waals surface area contributed by atoms with E-state index in [0.717, 1.165) is 36.9 Å². The van der Waals surface area contributed by atoms with Crippen LogP contribution in [0.4, 0.5) is 0 Å². The molecule has 0 saturated carbocycles. The summed E-state index contributed by atoms with van der Waals surface area (Å²) in [6.45, 7) is 6.59. The molecule has 0 unspecified atom stereocenters. The number of amides is 1. The Hall–Kier alpha value is -2.67. The third kappa shape index (κ3) is 3.55. The number of benzene rings is 1. The van der Waals surface area contributed by atoms with Crippen molar-refractivity contribution >= 4 is 27.5 Å². The predicted octanol–water partition coefficient (Wildman–Crippen LogP) is 3.23. The van der Waals surface area contributed by atoms with Crippen LogP contribution in [0.25, 0.3) is 15.9 Å². The van der Waals surface area contributed by atoms with E-state index in [2.05, 4.69) is 6.92 Å². The van der Waals surface area contributed by atoms with Crippen molar-refractivity contribution < 1.29 is 4.79 Å². The molecule has 3 aromatic rings. The lowest BCUT2D eigenvalue weighted by Gasteiger charge is -2.33. The van der Waals surface area contributed by atoms with Crippen LogP contribution < -0.4 is 11.2 Å². The van der Waals surface area contributed by atoms with Crippen molar-refractivity contribution in [1.29, 1.82) is 0 Å². The van der Waals surface area contributed by atoms with Crippen LogP contribution >= 0.6 is 11.3 Å². The highest BCUT2D eigenvalue weighted by atomic mass is 32.1. The Balaban J connectivity index is 1.86. The Morgan fingerprint density at radius 1 is 1.14 bits per heavy atom. The fraction of sp³-hybridized carbons (Fsp3) is 0.409. The zero-order valence-electron chi connectivity index (χ0n) is 17.0. The Morgan fingerprint density at radius 2 is 1.86 bits per heavy atom. The molecule has 1 amide bonds. The monoisotopic (exact) mass is 411 g/mol. The molecule has 4 rings (SSSR count). The Morgan fingerprint density at radius 3 is 2.55 bits per heavy atom. The van der Waals surface area contributed by atoms with Gasteiger partial charge in [-0.3, -0.25) is 14.2 Å². The molecule has 6 nitrogen and oxygen atoms in total. The van der Waals surface area contributed by atoms with Gasteiger partial charge in [0.05, 0.1) is 11.2 Å². The maximum Gasteiger partial charge on any atom is 0.336 e. The lowest BCUT2D eigenvalue weighted by molar-refractivity contribution is -0.135. The zero-order valence-corrected chi connectivity index (χ0v) is 17.8. The maximum atomic E-state index is 13.4. The van der Waals surface area contributed by atoms with Crippen molar-refractivity contribution in [3.63, 3.8) is 0 Å². The van der Waals surface area contributed by atoms with Crippen molar-refractivity contribution in [2.24, 2.45) is 0 Å². The molecule has 1 fully saturated rings. The normalized spacial score (nSPS) is 17.1. The molecule has 0 spiro atoms. The number of carbonyl (C=O) groups excluding carboxylic acids is 1.